The highest BCUT2D eigenvalue weighted by atomic mass is 16.2. The van der Waals surface area contributed by atoms with Gasteiger partial charge in [0.2, 0.25) is 11.9 Å². The molecule has 11 nitrogen and oxygen atoms in total. The van der Waals surface area contributed by atoms with Gasteiger partial charge in [-0.3, -0.25) is 10.1 Å². The average molecular weight is 397 g/mol. The summed E-state index contributed by atoms with van der Waals surface area (Å²) in [6, 6.07) is 0.199. The van der Waals surface area contributed by atoms with Gasteiger partial charge < -0.3 is 20.4 Å². The molecule has 0 radical (unpaired) electrons. The quantitative estimate of drug-likeness (QED) is 0.477. The normalized spacial score (nSPS) is 23.7. The van der Waals surface area contributed by atoms with E-state index in [9.17, 15) is 9.59 Å². The Hall–Kier alpha value is -3.21. The largest absolute Gasteiger partial charge is 0.351 e. The zero-order valence-corrected chi connectivity index (χ0v) is 16.3. The summed E-state index contributed by atoms with van der Waals surface area (Å²) in [4.78, 5) is 37.2. The zero-order valence-electron chi connectivity index (χ0n) is 16.3. The Morgan fingerprint density at radius 2 is 2.07 bits per heavy atom. The van der Waals surface area contributed by atoms with Gasteiger partial charge in [0.15, 0.2) is 5.65 Å². The van der Waals surface area contributed by atoms with Crippen LogP contribution in [0.1, 0.15) is 24.8 Å². The maximum Gasteiger partial charge on any atom is 0.326 e. The van der Waals surface area contributed by atoms with Gasteiger partial charge in [0.25, 0.3) is 5.91 Å². The fourth-order valence-electron chi connectivity index (χ4n) is 3.68. The van der Waals surface area contributed by atoms with Crippen LogP contribution in [0.2, 0.25) is 0 Å². The van der Waals surface area contributed by atoms with Gasteiger partial charge in [-0.15, -0.1) is 0 Å². The number of nitrogens with one attached hydrogen (secondary N) is 3. The Morgan fingerprint density at radius 3 is 2.72 bits per heavy atom. The lowest BCUT2D eigenvalue weighted by molar-refractivity contribution is -0.115. The fraction of sp³-hybridized carbons (Fsp3) is 0.500. The molecule has 5 rings (SSSR count). The van der Waals surface area contributed by atoms with E-state index in [4.69, 9.17) is 9.97 Å². The molecule has 3 aliphatic rings. The number of rotatable bonds is 5. The third kappa shape index (κ3) is 3.37. The number of imide groups is 1. The van der Waals surface area contributed by atoms with Crippen LogP contribution in [0, 0.1) is 0 Å². The van der Waals surface area contributed by atoms with Crippen LogP contribution in [0.4, 0.5) is 16.7 Å². The Bertz CT molecular complexity index is 1030. The van der Waals surface area contributed by atoms with Gasteiger partial charge in [-0.1, -0.05) is 0 Å². The number of likely N-dealkylation sites (N-methyl/N-ethyl adjacent to an activating group) is 2. The number of carbonyl (C=O) groups is 2. The third-order valence-electron chi connectivity index (χ3n) is 5.54. The summed E-state index contributed by atoms with van der Waals surface area (Å²) >= 11 is 0. The van der Waals surface area contributed by atoms with Crippen LogP contribution in [0.15, 0.2) is 11.9 Å². The summed E-state index contributed by atoms with van der Waals surface area (Å²) in [6.45, 7) is 2.00. The van der Waals surface area contributed by atoms with E-state index in [0.717, 1.165) is 32.4 Å². The number of hydrogen-bond acceptors (Lipinski definition) is 8. The number of urea groups is 1. The topological polar surface area (TPSA) is 120 Å². The summed E-state index contributed by atoms with van der Waals surface area (Å²) in [5.41, 5.74) is 1.39. The molecule has 152 valence electrons. The molecule has 0 aromatic carbocycles. The van der Waals surface area contributed by atoms with Crippen LogP contribution >= 0.6 is 0 Å². The van der Waals surface area contributed by atoms with E-state index < -0.39 is 11.9 Å². The number of hydrogen-bond donors (Lipinski definition) is 3. The maximum atomic E-state index is 11.9. The molecule has 11 heteroatoms. The molecule has 3 N–H and O–H groups in total. The van der Waals surface area contributed by atoms with Crippen molar-refractivity contribution in [1.82, 2.24) is 35.1 Å². The molecule has 4 heterocycles. The molecule has 0 spiro atoms. The van der Waals surface area contributed by atoms with E-state index in [-0.39, 0.29) is 5.70 Å². The minimum absolute atomic E-state index is 0.174. The van der Waals surface area contributed by atoms with E-state index >= 15 is 0 Å². The molecule has 3 fully saturated rings. The second kappa shape index (κ2) is 6.69. The Kier molecular flexibility index (Phi) is 4.12. The Balaban J connectivity index is 1.56. The molecule has 29 heavy (non-hydrogen) atoms. The second-order valence-electron chi connectivity index (χ2n) is 7.88. The molecular weight excluding hydrogens is 374 g/mol. The van der Waals surface area contributed by atoms with E-state index in [2.05, 4.69) is 37.9 Å². The van der Waals surface area contributed by atoms with Crippen molar-refractivity contribution in [3.05, 3.63) is 17.5 Å². The monoisotopic (exact) mass is 397 g/mol. The predicted molar refractivity (Wildman–Crippen MR) is 106 cm³/mol. The van der Waals surface area contributed by atoms with Gasteiger partial charge in [-0.05, 0) is 38.9 Å². The third-order valence-corrected chi connectivity index (χ3v) is 5.54. The lowest BCUT2D eigenvalue weighted by Gasteiger charge is -2.25. The van der Waals surface area contributed by atoms with Crippen LogP contribution in [0.5, 0.6) is 0 Å². The van der Waals surface area contributed by atoms with Crippen molar-refractivity contribution in [3.63, 3.8) is 0 Å². The SMILES string of the molecule is CN1CCC(N(C)c2nc(NC3CC3)n3ncc(/C=C4\NC(=O)NC4=O)c3n2)C1. The number of fused-ring (bicyclic) bond motifs is 1. The molecule has 1 aliphatic carbocycles. The average Bonchev–Trinajstić information content (AvgIpc) is 3.09. The summed E-state index contributed by atoms with van der Waals surface area (Å²) < 4.78 is 1.65. The van der Waals surface area contributed by atoms with Gasteiger partial charge in [-0.2, -0.15) is 19.6 Å². The lowest BCUT2D eigenvalue weighted by atomic mass is 10.2. The van der Waals surface area contributed by atoms with Crippen LogP contribution in [0.25, 0.3) is 11.7 Å². The molecular formula is C18H23N9O2. The van der Waals surface area contributed by atoms with Crippen LogP contribution < -0.4 is 20.9 Å². The van der Waals surface area contributed by atoms with Gasteiger partial charge >= 0.3 is 6.03 Å². The minimum atomic E-state index is -0.533. The summed E-state index contributed by atoms with van der Waals surface area (Å²) in [5.74, 6) is 0.780. The van der Waals surface area contributed by atoms with Crippen molar-refractivity contribution in [3.8, 4) is 0 Å². The highest BCUT2D eigenvalue weighted by molar-refractivity contribution is 6.14. The first-order valence-electron chi connectivity index (χ1n) is 9.75. The van der Waals surface area contributed by atoms with Crippen LogP contribution in [-0.2, 0) is 4.79 Å². The number of anilines is 2. The fourth-order valence-corrected chi connectivity index (χ4v) is 3.68. The van der Waals surface area contributed by atoms with E-state index in [1.54, 1.807) is 16.8 Å². The molecule has 3 amide bonds. The predicted octanol–water partition coefficient (Wildman–Crippen LogP) is 0.0192. The number of nitrogens with zero attached hydrogens (tertiary/aromatic N) is 6. The highest BCUT2D eigenvalue weighted by Gasteiger charge is 2.29. The van der Waals surface area contributed by atoms with Gasteiger partial charge in [0, 0.05) is 31.2 Å². The lowest BCUT2D eigenvalue weighted by Crippen LogP contribution is -2.35. The van der Waals surface area contributed by atoms with Crippen molar-refractivity contribution >= 4 is 35.6 Å². The number of carbonyl (C=O) groups excluding carboxylic acids is 2. The maximum absolute atomic E-state index is 11.9. The van der Waals surface area contributed by atoms with Crippen LogP contribution in [0.3, 0.4) is 0 Å². The molecule has 1 atom stereocenters. The summed E-state index contributed by atoms with van der Waals surface area (Å²) in [7, 11) is 4.12. The Labute approximate surface area is 167 Å². The van der Waals surface area contributed by atoms with Crippen molar-refractivity contribution in [2.45, 2.75) is 31.3 Å². The first-order chi connectivity index (χ1) is 14.0. The van der Waals surface area contributed by atoms with Crippen molar-refractivity contribution in [2.75, 3.05) is 37.4 Å². The highest BCUT2D eigenvalue weighted by Crippen LogP contribution is 2.27. The molecule has 1 unspecified atom stereocenters. The van der Waals surface area contributed by atoms with E-state index in [1.807, 2.05) is 7.05 Å². The smallest absolute Gasteiger partial charge is 0.326 e. The molecule has 2 saturated heterocycles. The number of amides is 3. The first kappa shape index (κ1) is 17.9. The number of likely N-dealkylation sites (tertiary alicyclic amines) is 1. The first-order valence-corrected chi connectivity index (χ1v) is 9.75. The molecule has 0 bridgehead atoms. The van der Waals surface area contributed by atoms with Gasteiger partial charge in [-0.25, -0.2) is 4.79 Å². The standard InChI is InChI=1S/C18H23N9O2/c1-25-6-5-12(9-25)26(2)16-22-14-10(7-13-15(28)23-18(29)21-13)8-19-27(14)17(24-16)20-11-3-4-11/h7-8,11-12H,3-6,9H2,1-2H3,(H,20,22,24)(H2,21,23,28,29)/b13-7-. The molecule has 1 saturated carbocycles. The number of aromatic nitrogens is 4. The van der Waals surface area contributed by atoms with Crippen LogP contribution in [-0.4, -0.2) is 75.7 Å². The summed E-state index contributed by atoms with van der Waals surface area (Å²) in [5, 5.41) is 12.5. The van der Waals surface area contributed by atoms with Crippen molar-refractivity contribution in [2.24, 2.45) is 0 Å². The van der Waals surface area contributed by atoms with Crippen molar-refractivity contribution < 1.29 is 9.59 Å². The minimum Gasteiger partial charge on any atom is -0.351 e. The zero-order chi connectivity index (χ0) is 20.1. The second-order valence-corrected chi connectivity index (χ2v) is 7.88. The summed E-state index contributed by atoms with van der Waals surface area (Å²) in [6.07, 6.45) is 6.47. The van der Waals surface area contributed by atoms with Gasteiger partial charge in [0.1, 0.15) is 5.70 Å². The Morgan fingerprint density at radius 1 is 1.24 bits per heavy atom. The van der Waals surface area contributed by atoms with E-state index in [0.29, 0.717) is 35.2 Å². The van der Waals surface area contributed by atoms with Gasteiger partial charge in [0.05, 0.1) is 6.20 Å². The molecule has 2 aromatic heterocycles. The van der Waals surface area contributed by atoms with E-state index in [1.165, 1.54) is 0 Å². The molecule has 2 aromatic rings. The molecule has 2 aliphatic heterocycles. The van der Waals surface area contributed by atoms with Crippen molar-refractivity contribution in [1.29, 1.82) is 0 Å².